The number of rotatable bonds is 2. The van der Waals surface area contributed by atoms with Gasteiger partial charge >= 0.3 is 0 Å². The number of amides is 1. The van der Waals surface area contributed by atoms with Crippen LogP contribution in [-0.4, -0.2) is 21.1 Å². The van der Waals surface area contributed by atoms with Gasteiger partial charge in [0.05, 0.1) is 5.69 Å². The molecule has 0 unspecified atom stereocenters. The smallest absolute Gasteiger partial charge is 0.293 e. The van der Waals surface area contributed by atoms with E-state index in [1.54, 1.807) is 0 Å². The molecule has 1 aromatic heterocycles. The zero-order valence-electron chi connectivity index (χ0n) is 7.87. The minimum atomic E-state index is -0.483. The van der Waals surface area contributed by atoms with Gasteiger partial charge in [-0.15, -0.1) is 0 Å². The maximum Gasteiger partial charge on any atom is 0.293 e. The molecule has 1 amide bonds. The molecule has 0 aliphatic rings. The fourth-order valence-electron chi connectivity index (χ4n) is 1.09. The molecule has 0 saturated heterocycles. The van der Waals surface area contributed by atoms with E-state index in [4.69, 9.17) is 0 Å². The predicted molar refractivity (Wildman–Crippen MR) is 58.4 cm³/mol. The Morgan fingerprint density at radius 3 is 3.00 bits per heavy atom. The van der Waals surface area contributed by atoms with Crippen LogP contribution in [0.3, 0.4) is 0 Å². The number of nitrogens with one attached hydrogen (secondary N) is 2. The van der Waals surface area contributed by atoms with E-state index in [1.807, 2.05) is 0 Å². The van der Waals surface area contributed by atoms with E-state index in [0.717, 1.165) is 0 Å². The van der Waals surface area contributed by atoms with Crippen molar-refractivity contribution < 1.29 is 9.18 Å². The minimum absolute atomic E-state index is 0.0659. The summed E-state index contributed by atoms with van der Waals surface area (Å²) in [5.74, 6) is -0.851. The summed E-state index contributed by atoms with van der Waals surface area (Å²) in [5, 5.41) is 8.45. The number of H-pyrrole nitrogens is 1. The molecule has 0 atom stereocenters. The van der Waals surface area contributed by atoms with Crippen LogP contribution >= 0.6 is 15.9 Å². The lowest BCUT2D eigenvalue weighted by Gasteiger charge is -2.05. The van der Waals surface area contributed by atoms with Crippen LogP contribution in [0.15, 0.2) is 29.0 Å². The SMILES string of the molecule is O=C(Nc1cc(F)ccc1Br)c1ncn[nH]1. The highest BCUT2D eigenvalue weighted by Gasteiger charge is 2.11. The Kier molecular flexibility index (Phi) is 2.95. The third-order valence-electron chi connectivity index (χ3n) is 1.81. The molecule has 1 heterocycles. The number of aromatic amines is 1. The largest absolute Gasteiger partial charge is 0.318 e. The molecule has 16 heavy (non-hydrogen) atoms. The van der Waals surface area contributed by atoms with E-state index in [-0.39, 0.29) is 5.82 Å². The highest BCUT2D eigenvalue weighted by Crippen LogP contribution is 2.23. The first-order valence-corrected chi connectivity index (χ1v) is 5.08. The van der Waals surface area contributed by atoms with Crippen LogP contribution in [0.5, 0.6) is 0 Å². The van der Waals surface area contributed by atoms with Crippen molar-refractivity contribution in [1.29, 1.82) is 0 Å². The van der Waals surface area contributed by atoms with E-state index < -0.39 is 11.7 Å². The number of carbonyl (C=O) groups is 1. The third kappa shape index (κ3) is 2.25. The molecule has 0 saturated carbocycles. The molecule has 1 aromatic carbocycles. The standard InChI is InChI=1S/C9H6BrFN4O/c10-6-2-1-5(11)3-7(6)14-9(16)8-12-4-13-15-8/h1-4H,(H,14,16)(H,12,13,15). The Morgan fingerprint density at radius 1 is 1.50 bits per heavy atom. The molecule has 0 spiro atoms. The van der Waals surface area contributed by atoms with Gasteiger partial charge in [-0.1, -0.05) is 0 Å². The molecule has 5 nitrogen and oxygen atoms in total. The van der Waals surface area contributed by atoms with Gasteiger partial charge < -0.3 is 5.32 Å². The second-order valence-electron chi connectivity index (χ2n) is 2.91. The maximum atomic E-state index is 12.9. The number of anilines is 1. The normalized spacial score (nSPS) is 10.1. The van der Waals surface area contributed by atoms with Crippen molar-refractivity contribution in [3.63, 3.8) is 0 Å². The van der Waals surface area contributed by atoms with Gasteiger partial charge in [-0.05, 0) is 34.1 Å². The van der Waals surface area contributed by atoms with E-state index >= 15 is 0 Å². The molecule has 2 aromatic rings. The van der Waals surface area contributed by atoms with Gasteiger partial charge in [0.2, 0.25) is 5.82 Å². The second kappa shape index (κ2) is 4.40. The molecule has 0 aliphatic carbocycles. The average molecular weight is 285 g/mol. The maximum absolute atomic E-state index is 12.9. The fraction of sp³-hybridized carbons (Fsp3) is 0. The van der Waals surface area contributed by atoms with Crippen molar-refractivity contribution >= 4 is 27.5 Å². The Labute approximate surface area is 98.2 Å². The molecular weight excluding hydrogens is 279 g/mol. The molecule has 7 heteroatoms. The zero-order valence-corrected chi connectivity index (χ0v) is 9.45. The fourth-order valence-corrected chi connectivity index (χ4v) is 1.44. The van der Waals surface area contributed by atoms with Gasteiger partial charge in [-0.25, -0.2) is 9.37 Å². The topological polar surface area (TPSA) is 70.7 Å². The molecule has 0 bridgehead atoms. The van der Waals surface area contributed by atoms with Crippen LogP contribution in [0.4, 0.5) is 10.1 Å². The monoisotopic (exact) mass is 284 g/mol. The van der Waals surface area contributed by atoms with Crippen LogP contribution in [0, 0.1) is 5.82 Å². The minimum Gasteiger partial charge on any atom is -0.318 e. The Hall–Kier alpha value is -1.76. The van der Waals surface area contributed by atoms with Gasteiger partial charge in [0.15, 0.2) is 0 Å². The summed E-state index contributed by atoms with van der Waals surface area (Å²) < 4.78 is 13.5. The quantitative estimate of drug-likeness (QED) is 0.886. The first-order chi connectivity index (χ1) is 7.66. The molecule has 0 fully saturated rings. The summed E-state index contributed by atoms with van der Waals surface area (Å²) in [4.78, 5) is 15.2. The van der Waals surface area contributed by atoms with Crippen LogP contribution < -0.4 is 5.32 Å². The highest BCUT2D eigenvalue weighted by molar-refractivity contribution is 9.10. The van der Waals surface area contributed by atoms with Crippen molar-refractivity contribution in [2.24, 2.45) is 0 Å². The molecule has 82 valence electrons. The van der Waals surface area contributed by atoms with Crippen LogP contribution in [0.2, 0.25) is 0 Å². The van der Waals surface area contributed by atoms with Gasteiger partial charge in [-0.3, -0.25) is 9.89 Å². The number of halogens is 2. The summed E-state index contributed by atoms with van der Waals surface area (Å²) in [5.41, 5.74) is 0.335. The summed E-state index contributed by atoms with van der Waals surface area (Å²) in [6.07, 6.45) is 1.22. The Bertz CT molecular complexity index is 514. The van der Waals surface area contributed by atoms with E-state index in [9.17, 15) is 9.18 Å². The van der Waals surface area contributed by atoms with Crippen molar-refractivity contribution in [2.45, 2.75) is 0 Å². The van der Waals surface area contributed by atoms with Crippen molar-refractivity contribution in [3.05, 3.63) is 40.6 Å². The summed E-state index contributed by atoms with van der Waals surface area (Å²) >= 11 is 3.19. The first-order valence-electron chi connectivity index (χ1n) is 4.28. The number of hydrogen-bond acceptors (Lipinski definition) is 3. The summed E-state index contributed by atoms with van der Waals surface area (Å²) in [6.45, 7) is 0. The van der Waals surface area contributed by atoms with Gasteiger partial charge in [-0.2, -0.15) is 5.10 Å². The van der Waals surface area contributed by atoms with E-state index in [1.165, 1.54) is 24.5 Å². The van der Waals surface area contributed by atoms with Gasteiger partial charge in [0.1, 0.15) is 12.1 Å². The Balaban J connectivity index is 2.21. The number of benzene rings is 1. The average Bonchev–Trinajstić information content (AvgIpc) is 2.76. The summed E-state index contributed by atoms with van der Waals surface area (Å²) in [6, 6.07) is 4.00. The molecular formula is C9H6BrFN4O. The van der Waals surface area contributed by atoms with Crippen molar-refractivity contribution in [2.75, 3.05) is 5.32 Å². The highest BCUT2D eigenvalue weighted by atomic mass is 79.9. The Morgan fingerprint density at radius 2 is 2.31 bits per heavy atom. The van der Waals surface area contributed by atoms with Gasteiger partial charge in [0, 0.05) is 4.47 Å². The third-order valence-corrected chi connectivity index (χ3v) is 2.50. The number of hydrogen-bond donors (Lipinski definition) is 2. The molecule has 2 rings (SSSR count). The van der Waals surface area contributed by atoms with E-state index in [2.05, 4.69) is 36.4 Å². The molecule has 2 N–H and O–H groups in total. The zero-order chi connectivity index (χ0) is 11.5. The predicted octanol–water partition coefficient (Wildman–Crippen LogP) is 1.96. The van der Waals surface area contributed by atoms with Crippen molar-refractivity contribution in [3.8, 4) is 0 Å². The number of carbonyl (C=O) groups excluding carboxylic acids is 1. The van der Waals surface area contributed by atoms with Crippen LogP contribution in [0.25, 0.3) is 0 Å². The van der Waals surface area contributed by atoms with E-state index in [0.29, 0.717) is 10.2 Å². The van der Waals surface area contributed by atoms with Crippen LogP contribution in [0.1, 0.15) is 10.6 Å². The lowest BCUT2D eigenvalue weighted by atomic mass is 10.3. The van der Waals surface area contributed by atoms with Crippen LogP contribution in [-0.2, 0) is 0 Å². The molecule has 0 radical (unpaired) electrons. The number of nitrogens with zero attached hydrogens (tertiary/aromatic N) is 2. The lowest BCUT2D eigenvalue weighted by molar-refractivity contribution is 0.101. The first kappa shape index (κ1) is 10.7. The summed E-state index contributed by atoms with van der Waals surface area (Å²) in [7, 11) is 0. The molecule has 0 aliphatic heterocycles. The lowest BCUT2D eigenvalue weighted by Crippen LogP contribution is -2.14. The second-order valence-corrected chi connectivity index (χ2v) is 3.77. The van der Waals surface area contributed by atoms with Gasteiger partial charge in [0.25, 0.3) is 5.91 Å². The number of aromatic nitrogens is 3. The van der Waals surface area contributed by atoms with Crippen molar-refractivity contribution in [1.82, 2.24) is 15.2 Å².